The second-order valence-electron chi connectivity index (χ2n) is 5.80. The lowest BCUT2D eigenvalue weighted by molar-refractivity contribution is -0.174. The number of carbonyl (C=O) groups is 1. The number of ether oxygens (including phenoxy) is 1. The molecule has 0 aromatic rings. The van der Waals surface area contributed by atoms with Crippen LogP contribution >= 0.6 is 22.6 Å². The lowest BCUT2D eigenvalue weighted by atomic mass is 9.73. The lowest BCUT2D eigenvalue weighted by Crippen LogP contribution is -2.49. The zero-order chi connectivity index (χ0) is 13.0. The van der Waals surface area contributed by atoms with Gasteiger partial charge in [-0.15, -0.1) is 0 Å². The minimum absolute atomic E-state index is 0.0606. The summed E-state index contributed by atoms with van der Waals surface area (Å²) in [5.74, 6) is -0.739. The Hall–Kier alpha value is -0.140. The fourth-order valence-corrected chi connectivity index (χ4v) is 4.71. The van der Waals surface area contributed by atoms with Crippen molar-refractivity contribution in [3.63, 3.8) is 0 Å². The van der Waals surface area contributed by atoms with Crippen molar-refractivity contribution in [3.8, 4) is 0 Å². The first kappa shape index (κ1) is 12.9. The molecule has 2 fully saturated rings. The summed E-state index contributed by atoms with van der Waals surface area (Å²) in [5.41, 5.74) is -0.218. The molecule has 1 saturated heterocycles. The molecule has 1 spiro atoms. The first-order valence-corrected chi connectivity index (χ1v) is 7.87. The molecular weight excluding hydrogens is 347 g/mol. The van der Waals surface area contributed by atoms with Gasteiger partial charge in [-0.1, -0.05) is 34.2 Å². The fourth-order valence-electron chi connectivity index (χ4n) is 3.87. The van der Waals surface area contributed by atoms with Gasteiger partial charge in [0.1, 0.15) is 0 Å². The molecular formula is C13H17IO4. The van der Waals surface area contributed by atoms with Gasteiger partial charge in [0.15, 0.2) is 5.60 Å². The second kappa shape index (κ2) is 4.18. The molecule has 0 amide bonds. The number of carboxylic acids is 1. The van der Waals surface area contributed by atoms with Crippen molar-refractivity contribution in [3.05, 3.63) is 11.6 Å². The molecule has 0 aromatic carbocycles. The normalized spacial score (nSPS) is 46.4. The Bertz CT molecular complexity index is 421. The molecule has 3 aliphatic rings. The maximum atomic E-state index is 11.3. The number of aliphatic hydroxyl groups is 1. The van der Waals surface area contributed by atoms with Gasteiger partial charge in [0, 0.05) is 9.84 Å². The van der Waals surface area contributed by atoms with Crippen molar-refractivity contribution in [1.82, 2.24) is 0 Å². The molecule has 2 aliphatic carbocycles. The maximum Gasteiger partial charge on any atom is 0.338 e. The van der Waals surface area contributed by atoms with Crippen molar-refractivity contribution in [2.45, 2.75) is 37.4 Å². The van der Waals surface area contributed by atoms with Crippen molar-refractivity contribution < 1.29 is 19.7 Å². The van der Waals surface area contributed by atoms with Crippen LogP contribution in [0.1, 0.15) is 25.7 Å². The van der Waals surface area contributed by atoms with Crippen molar-refractivity contribution in [1.29, 1.82) is 0 Å². The predicted molar refractivity (Wildman–Crippen MR) is 73.7 cm³/mol. The third kappa shape index (κ3) is 1.59. The maximum absolute atomic E-state index is 11.3. The monoisotopic (exact) mass is 364 g/mol. The largest absolute Gasteiger partial charge is 0.479 e. The number of alkyl halides is 1. The van der Waals surface area contributed by atoms with Gasteiger partial charge in [0.05, 0.1) is 12.7 Å². The van der Waals surface area contributed by atoms with Crippen molar-refractivity contribution in [2.75, 3.05) is 11.0 Å². The first-order chi connectivity index (χ1) is 8.52. The third-order valence-corrected chi connectivity index (χ3v) is 5.87. The Morgan fingerprint density at radius 3 is 3.06 bits per heavy atom. The molecule has 1 aliphatic heterocycles. The van der Waals surface area contributed by atoms with Crippen LogP contribution < -0.4 is 0 Å². The summed E-state index contributed by atoms with van der Waals surface area (Å²) in [5, 5.41) is 19.7. The number of aliphatic carboxylic acids is 1. The highest BCUT2D eigenvalue weighted by atomic mass is 127. The molecule has 2 bridgehead atoms. The van der Waals surface area contributed by atoms with E-state index in [-0.39, 0.29) is 5.41 Å². The quantitative estimate of drug-likeness (QED) is 0.445. The standard InChI is InChI=1S/C13H17IO4/c14-6-8-1-3-12-5-10(18-7-12)13(17,11(15)16)4-2-9(8)12/h1,9-10,17H,2-7H2,(H,15,16)/t9-,10+,12+,13+/m0/s1. The highest BCUT2D eigenvalue weighted by Crippen LogP contribution is 2.57. The topological polar surface area (TPSA) is 66.8 Å². The van der Waals surface area contributed by atoms with Crippen LogP contribution in [0.5, 0.6) is 0 Å². The number of allylic oxidation sites excluding steroid dienone is 2. The number of rotatable bonds is 2. The van der Waals surface area contributed by atoms with E-state index in [1.54, 1.807) is 0 Å². The zero-order valence-corrected chi connectivity index (χ0v) is 12.2. The molecule has 4 nitrogen and oxygen atoms in total. The van der Waals surface area contributed by atoms with Gasteiger partial charge in [0.2, 0.25) is 0 Å². The van der Waals surface area contributed by atoms with E-state index in [1.807, 2.05) is 0 Å². The summed E-state index contributed by atoms with van der Waals surface area (Å²) in [7, 11) is 0. The van der Waals surface area contributed by atoms with E-state index in [0.717, 1.165) is 17.3 Å². The Morgan fingerprint density at radius 1 is 1.61 bits per heavy atom. The molecule has 100 valence electrons. The van der Waals surface area contributed by atoms with Crippen LogP contribution in [0.3, 0.4) is 0 Å². The van der Waals surface area contributed by atoms with Crippen LogP contribution in [0.4, 0.5) is 0 Å². The van der Waals surface area contributed by atoms with E-state index >= 15 is 0 Å². The Balaban J connectivity index is 1.95. The van der Waals surface area contributed by atoms with Crippen molar-refractivity contribution >= 4 is 28.6 Å². The fraction of sp³-hybridized carbons (Fsp3) is 0.769. The summed E-state index contributed by atoms with van der Waals surface area (Å²) < 4.78 is 6.65. The van der Waals surface area contributed by atoms with Gasteiger partial charge < -0.3 is 14.9 Å². The summed E-state index contributed by atoms with van der Waals surface area (Å²) >= 11 is 2.36. The number of halogens is 1. The summed E-state index contributed by atoms with van der Waals surface area (Å²) in [6.07, 6.45) is 4.47. The molecule has 1 saturated carbocycles. The average molecular weight is 364 g/mol. The van der Waals surface area contributed by atoms with E-state index in [2.05, 4.69) is 28.7 Å². The molecule has 0 unspecified atom stereocenters. The number of hydrogen-bond donors (Lipinski definition) is 2. The third-order valence-electron chi connectivity index (χ3n) is 4.99. The highest BCUT2D eigenvalue weighted by molar-refractivity contribution is 14.1. The van der Waals surface area contributed by atoms with Gasteiger partial charge in [0.25, 0.3) is 0 Å². The molecule has 1 heterocycles. The van der Waals surface area contributed by atoms with E-state index in [0.29, 0.717) is 25.4 Å². The van der Waals surface area contributed by atoms with Gasteiger partial charge in [-0.05, 0) is 31.6 Å². The minimum Gasteiger partial charge on any atom is -0.479 e. The van der Waals surface area contributed by atoms with Gasteiger partial charge in [-0.2, -0.15) is 0 Å². The Morgan fingerprint density at radius 2 is 2.39 bits per heavy atom. The lowest BCUT2D eigenvalue weighted by Gasteiger charge is -2.32. The number of carboxylic acid groups (broad SMARTS) is 1. The summed E-state index contributed by atoms with van der Waals surface area (Å²) in [6, 6.07) is 0. The van der Waals surface area contributed by atoms with E-state index < -0.39 is 17.7 Å². The van der Waals surface area contributed by atoms with Crippen LogP contribution in [0, 0.1) is 11.3 Å². The molecule has 5 heteroatoms. The van der Waals surface area contributed by atoms with Gasteiger partial charge in [-0.25, -0.2) is 4.79 Å². The zero-order valence-electron chi connectivity index (χ0n) is 10.1. The number of fused-ring (bicyclic) bond motifs is 1. The first-order valence-electron chi connectivity index (χ1n) is 6.34. The van der Waals surface area contributed by atoms with E-state index in [1.165, 1.54) is 5.57 Å². The highest BCUT2D eigenvalue weighted by Gasteiger charge is 2.59. The van der Waals surface area contributed by atoms with Gasteiger partial charge in [-0.3, -0.25) is 0 Å². The van der Waals surface area contributed by atoms with Crippen molar-refractivity contribution in [2.24, 2.45) is 11.3 Å². The molecule has 0 radical (unpaired) electrons. The van der Waals surface area contributed by atoms with Crippen LogP contribution in [-0.2, 0) is 9.53 Å². The molecule has 2 N–H and O–H groups in total. The Labute approximate surface area is 120 Å². The molecule has 18 heavy (non-hydrogen) atoms. The van der Waals surface area contributed by atoms with Crippen LogP contribution in [-0.4, -0.2) is 38.9 Å². The molecule has 3 rings (SSSR count). The molecule has 0 aromatic heterocycles. The number of hydrogen-bond acceptors (Lipinski definition) is 3. The van der Waals surface area contributed by atoms with E-state index in [4.69, 9.17) is 4.74 Å². The molecule has 4 atom stereocenters. The van der Waals surface area contributed by atoms with Crippen LogP contribution in [0.25, 0.3) is 0 Å². The summed E-state index contributed by atoms with van der Waals surface area (Å²) in [4.78, 5) is 11.3. The summed E-state index contributed by atoms with van der Waals surface area (Å²) in [6.45, 7) is 0.592. The Kier molecular flexibility index (Phi) is 2.99. The predicted octanol–water partition coefficient (Wildman–Crippen LogP) is 1.75. The second-order valence-corrected chi connectivity index (χ2v) is 6.57. The van der Waals surface area contributed by atoms with E-state index in [9.17, 15) is 15.0 Å². The SMILES string of the molecule is O=C(O)[C@@]1(O)CC[C@H]2C(CI)=CC[C@@]23CO[C@@H]1C3. The smallest absolute Gasteiger partial charge is 0.338 e. The minimum atomic E-state index is -1.69. The average Bonchev–Trinajstić information content (AvgIpc) is 2.88. The van der Waals surface area contributed by atoms with Gasteiger partial charge >= 0.3 is 5.97 Å². The van der Waals surface area contributed by atoms with Crippen LogP contribution in [0.2, 0.25) is 0 Å². The van der Waals surface area contributed by atoms with Crippen LogP contribution in [0.15, 0.2) is 11.6 Å².